The third kappa shape index (κ3) is 6.20. The molecule has 1 heterocycles. The van der Waals surface area contributed by atoms with Crippen molar-refractivity contribution in [1.29, 1.82) is 0 Å². The molecule has 1 N–H and O–H groups in total. The van der Waals surface area contributed by atoms with E-state index in [1.165, 1.54) is 12.3 Å². The van der Waals surface area contributed by atoms with Crippen LogP contribution in [0.1, 0.15) is 41.5 Å². The second-order valence-electron chi connectivity index (χ2n) is 6.38. The molecule has 0 aliphatic carbocycles. The molecule has 0 spiro atoms. The predicted molar refractivity (Wildman–Crippen MR) is 76.8 cm³/mol. The molecule has 21 heavy (non-hydrogen) atoms. The number of carbonyl (C=O) groups excluding carboxylic acids is 2. The van der Waals surface area contributed by atoms with Gasteiger partial charge in [-0.1, -0.05) is 0 Å². The number of furan rings is 1. The molecule has 7 nitrogen and oxygen atoms in total. The smallest absolute Gasteiger partial charge is 0.436 e. The molecule has 0 unspecified atom stereocenters. The Bertz CT molecular complexity index is 482. The minimum Gasteiger partial charge on any atom is -0.446 e. The Morgan fingerprint density at radius 3 is 2.10 bits per heavy atom. The van der Waals surface area contributed by atoms with Crippen LogP contribution in [0.25, 0.3) is 0 Å². The van der Waals surface area contributed by atoms with Crippen LogP contribution in [0.3, 0.4) is 0 Å². The molecule has 2 amide bonds. The second kappa shape index (κ2) is 6.07. The lowest BCUT2D eigenvalue weighted by Crippen LogP contribution is -2.50. The van der Waals surface area contributed by atoms with E-state index in [1.807, 2.05) is 0 Å². The maximum absolute atomic E-state index is 12.1. The molecule has 1 aromatic rings. The standard InChI is InChI=1S/C14H22N2O5/c1-13(2,3)20-11(17)15-16(10-8-7-9-19-10)12(18)21-14(4,5)6/h7-9H,1-6H3,(H,15,17). The van der Waals surface area contributed by atoms with Crippen LogP contribution in [-0.4, -0.2) is 23.4 Å². The van der Waals surface area contributed by atoms with Crippen molar-refractivity contribution in [2.75, 3.05) is 5.01 Å². The third-order valence-electron chi connectivity index (χ3n) is 1.90. The number of rotatable bonds is 1. The first-order valence-corrected chi connectivity index (χ1v) is 6.54. The molecule has 0 radical (unpaired) electrons. The van der Waals surface area contributed by atoms with Gasteiger partial charge < -0.3 is 13.9 Å². The lowest BCUT2D eigenvalue weighted by atomic mass is 10.2. The number of ether oxygens (including phenoxy) is 2. The van der Waals surface area contributed by atoms with Gasteiger partial charge in [0.1, 0.15) is 11.2 Å². The summed E-state index contributed by atoms with van der Waals surface area (Å²) in [5.74, 6) is 0.120. The van der Waals surface area contributed by atoms with E-state index in [1.54, 1.807) is 47.6 Å². The van der Waals surface area contributed by atoms with Gasteiger partial charge in [-0.15, -0.1) is 5.01 Å². The quantitative estimate of drug-likeness (QED) is 0.803. The zero-order valence-corrected chi connectivity index (χ0v) is 13.2. The molecule has 0 bridgehead atoms. The highest BCUT2D eigenvalue weighted by molar-refractivity contribution is 5.89. The Hall–Kier alpha value is -2.18. The van der Waals surface area contributed by atoms with Gasteiger partial charge in [-0.05, 0) is 47.6 Å². The summed E-state index contributed by atoms with van der Waals surface area (Å²) in [4.78, 5) is 23.9. The Morgan fingerprint density at radius 2 is 1.67 bits per heavy atom. The molecule has 0 aromatic carbocycles. The van der Waals surface area contributed by atoms with E-state index in [2.05, 4.69) is 5.43 Å². The van der Waals surface area contributed by atoms with Gasteiger partial charge in [0.2, 0.25) is 5.88 Å². The summed E-state index contributed by atoms with van der Waals surface area (Å²) in [6.07, 6.45) is -0.184. The largest absolute Gasteiger partial charge is 0.446 e. The van der Waals surface area contributed by atoms with E-state index in [4.69, 9.17) is 13.9 Å². The minimum atomic E-state index is -0.787. The molecule has 7 heteroatoms. The Labute approximate surface area is 124 Å². The van der Waals surface area contributed by atoms with E-state index in [-0.39, 0.29) is 5.88 Å². The van der Waals surface area contributed by atoms with Crippen LogP contribution in [0.2, 0.25) is 0 Å². The number of hydrogen-bond donors (Lipinski definition) is 1. The number of hydrazine groups is 1. The number of amides is 2. The first kappa shape index (κ1) is 16.9. The van der Waals surface area contributed by atoms with Gasteiger partial charge in [0.05, 0.1) is 6.26 Å². The average molecular weight is 298 g/mol. The summed E-state index contributed by atoms with van der Waals surface area (Å²) < 4.78 is 15.4. The van der Waals surface area contributed by atoms with Crippen molar-refractivity contribution in [1.82, 2.24) is 5.43 Å². The summed E-state index contributed by atoms with van der Waals surface area (Å²) in [7, 11) is 0. The highest BCUT2D eigenvalue weighted by Gasteiger charge is 2.28. The minimum absolute atomic E-state index is 0.120. The van der Waals surface area contributed by atoms with Gasteiger partial charge in [0.15, 0.2) is 0 Å². The highest BCUT2D eigenvalue weighted by atomic mass is 16.6. The van der Waals surface area contributed by atoms with Crippen LogP contribution in [0, 0.1) is 0 Å². The fourth-order valence-corrected chi connectivity index (χ4v) is 1.29. The fraction of sp³-hybridized carbons (Fsp3) is 0.571. The maximum Gasteiger partial charge on any atom is 0.436 e. The third-order valence-corrected chi connectivity index (χ3v) is 1.90. The topological polar surface area (TPSA) is 81.0 Å². The van der Waals surface area contributed by atoms with E-state index >= 15 is 0 Å². The molecule has 0 saturated carbocycles. The van der Waals surface area contributed by atoms with Crippen molar-refractivity contribution >= 4 is 18.1 Å². The number of anilines is 1. The normalized spacial score (nSPS) is 11.7. The first-order chi connectivity index (χ1) is 9.48. The number of hydrogen-bond acceptors (Lipinski definition) is 5. The van der Waals surface area contributed by atoms with Crippen molar-refractivity contribution in [2.45, 2.75) is 52.7 Å². The van der Waals surface area contributed by atoms with Crippen molar-refractivity contribution < 1.29 is 23.5 Å². The van der Waals surface area contributed by atoms with E-state index in [9.17, 15) is 9.59 Å². The van der Waals surface area contributed by atoms with Gasteiger partial charge in [0, 0.05) is 6.07 Å². The lowest BCUT2D eigenvalue weighted by molar-refractivity contribution is 0.0418. The molecular weight excluding hydrogens is 276 g/mol. The van der Waals surface area contributed by atoms with Gasteiger partial charge in [-0.25, -0.2) is 15.0 Å². The van der Waals surface area contributed by atoms with Gasteiger partial charge in [0.25, 0.3) is 0 Å². The summed E-state index contributed by atoms with van der Waals surface area (Å²) in [5, 5.41) is 0.860. The number of carbonyl (C=O) groups is 2. The second-order valence-corrected chi connectivity index (χ2v) is 6.38. The Kier molecular flexibility index (Phi) is 4.88. The zero-order chi connectivity index (χ0) is 16.3. The van der Waals surface area contributed by atoms with Gasteiger partial charge in [-0.2, -0.15) is 0 Å². The number of nitrogens with zero attached hydrogens (tertiary/aromatic N) is 1. The van der Waals surface area contributed by atoms with Crippen LogP contribution in [0.15, 0.2) is 22.8 Å². The molecule has 118 valence electrons. The molecule has 0 aliphatic rings. The maximum atomic E-state index is 12.1. The highest BCUT2D eigenvalue weighted by Crippen LogP contribution is 2.17. The van der Waals surface area contributed by atoms with Crippen LogP contribution in [0.5, 0.6) is 0 Å². The van der Waals surface area contributed by atoms with Crippen LogP contribution < -0.4 is 10.4 Å². The molecular formula is C14H22N2O5. The zero-order valence-electron chi connectivity index (χ0n) is 13.2. The number of nitrogens with one attached hydrogen (secondary N) is 1. The van der Waals surface area contributed by atoms with Gasteiger partial charge >= 0.3 is 12.2 Å². The van der Waals surface area contributed by atoms with Crippen molar-refractivity contribution in [3.8, 4) is 0 Å². The fourth-order valence-electron chi connectivity index (χ4n) is 1.29. The van der Waals surface area contributed by atoms with Crippen LogP contribution >= 0.6 is 0 Å². The SMILES string of the molecule is CC(C)(C)OC(=O)NN(C(=O)OC(C)(C)C)c1ccco1. The molecule has 0 atom stereocenters. The predicted octanol–water partition coefficient (Wildman–Crippen LogP) is 3.46. The summed E-state index contributed by atoms with van der Waals surface area (Å²) >= 11 is 0. The van der Waals surface area contributed by atoms with E-state index in [0.29, 0.717) is 0 Å². The van der Waals surface area contributed by atoms with Crippen molar-refractivity contribution in [3.63, 3.8) is 0 Å². The van der Waals surface area contributed by atoms with Gasteiger partial charge in [-0.3, -0.25) is 0 Å². The monoisotopic (exact) mass is 298 g/mol. The average Bonchev–Trinajstić information content (AvgIpc) is 2.73. The molecule has 0 aliphatic heterocycles. The summed E-state index contributed by atoms with van der Waals surface area (Å²) in [6, 6.07) is 3.10. The molecule has 0 saturated heterocycles. The van der Waals surface area contributed by atoms with E-state index in [0.717, 1.165) is 5.01 Å². The Morgan fingerprint density at radius 1 is 1.10 bits per heavy atom. The molecule has 1 aromatic heterocycles. The van der Waals surface area contributed by atoms with E-state index < -0.39 is 23.4 Å². The Balaban J connectivity index is 2.85. The molecule has 0 fully saturated rings. The van der Waals surface area contributed by atoms with Crippen molar-refractivity contribution in [2.24, 2.45) is 0 Å². The lowest BCUT2D eigenvalue weighted by Gasteiger charge is -2.27. The van der Waals surface area contributed by atoms with Crippen LogP contribution in [0.4, 0.5) is 15.5 Å². The molecule has 1 rings (SSSR count). The van der Waals surface area contributed by atoms with Crippen LogP contribution in [-0.2, 0) is 9.47 Å². The first-order valence-electron chi connectivity index (χ1n) is 6.54. The van der Waals surface area contributed by atoms with Crippen molar-refractivity contribution in [3.05, 3.63) is 18.4 Å². The summed E-state index contributed by atoms with van der Waals surface area (Å²) in [5.41, 5.74) is 0.904. The summed E-state index contributed by atoms with van der Waals surface area (Å²) in [6.45, 7) is 10.3.